The Hall–Kier alpha value is -2.49. The number of aryl methyl sites for hydroxylation is 1. The van der Waals surface area contributed by atoms with Gasteiger partial charge in [-0.2, -0.15) is 0 Å². The summed E-state index contributed by atoms with van der Waals surface area (Å²) in [5, 5.41) is 12.0. The van der Waals surface area contributed by atoms with Gasteiger partial charge in [-0.3, -0.25) is 4.79 Å². The van der Waals surface area contributed by atoms with E-state index in [0.717, 1.165) is 11.3 Å². The van der Waals surface area contributed by atoms with Gasteiger partial charge < -0.3 is 16.2 Å². The number of benzene rings is 2. The van der Waals surface area contributed by atoms with Crippen molar-refractivity contribution in [3.8, 4) is 5.75 Å². The number of phenolic OH excluding ortho intramolecular Hbond substituents is 1. The lowest BCUT2D eigenvalue weighted by molar-refractivity contribution is 0.102. The predicted octanol–water partition coefficient (Wildman–Crippen LogP) is 2.54. The fourth-order valence-electron chi connectivity index (χ4n) is 1.54. The van der Waals surface area contributed by atoms with Gasteiger partial charge in [0.2, 0.25) is 0 Å². The maximum absolute atomic E-state index is 11.9. The first-order valence-corrected chi connectivity index (χ1v) is 5.53. The molecule has 0 saturated heterocycles. The molecule has 0 aliphatic carbocycles. The third-order valence-electron chi connectivity index (χ3n) is 2.60. The van der Waals surface area contributed by atoms with Gasteiger partial charge >= 0.3 is 0 Å². The molecule has 0 atom stereocenters. The van der Waals surface area contributed by atoms with Crippen molar-refractivity contribution in [2.75, 3.05) is 11.1 Å². The number of hydrogen-bond donors (Lipinski definition) is 3. The van der Waals surface area contributed by atoms with Crippen LogP contribution in [0.25, 0.3) is 0 Å². The van der Waals surface area contributed by atoms with Crippen LogP contribution >= 0.6 is 0 Å². The Labute approximate surface area is 105 Å². The number of phenols is 1. The summed E-state index contributed by atoms with van der Waals surface area (Å²) in [6.07, 6.45) is 0. The van der Waals surface area contributed by atoms with E-state index in [2.05, 4.69) is 5.32 Å². The predicted molar refractivity (Wildman–Crippen MR) is 71.7 cm³/mol. The van der Waals surface area contributed by atoms with Crippen LogP contribution in [0.15, 0.2) is 42.5 Å². The van der Waals surface area contributed by atoms with Gasteiger partial charge in [0.05, 0.1) is 5.69 Å². The van der Waals surface area contributed by atoms with E-state index < -0.39 is 0 Å². The van der Waals surface area contributed by atoms with E-state index in [1.54, 1.807) is 0 Å². The Morgan fingerprint density at radius 1 is 1.17 bits per heavy atom. The first-order chi connectivity index (χ1) is 8.56. The zero-order valence-electron chi connectivity index (χ0n) is 9.97. The Morgan fingerprint density at radius 2 is 1.83 bits per heavy atom. The van der Waals surface area contributed by atoms with E-state index in [1.807, 2.05) is 31.2 Å². The lowest BCUT2D eigenvalue weighted by Gasteiger charge is -2.06. The lowest BCUT2D eigenvalue weighted by Crippen LogP contribution is -2.12. The van der Waals surface area contributed by atoms with Crippen molar-refractivity contribution in [2.24, 2.45) is 0 Å². The molecular formula is C14H14N2O2. The number of carbonyl (C=O) groups is 1. The highest BCUT2D eigenvalue weighted by Crippen LogP contribution is 2.21. The Kier molecular flexibility index (Phi) is 3.19. The molecule has 4 heteroatoms. The summed E-state index contributed by atoms with van der Waals surface area (Å²) in [7, 11) is 0. The average molecular weight is 242 g/mol. The molecule has 4 N–H and O–H groups in total. The highest BCUT2D eigenvalue weighted by molar-refractivity contribution is 6.05. The van der Waals surface area contributed by atoms with E-state index in [-0.39, 0.29) is 17.3 Å². The molecule has 0 unspecified atom stereocenters. The number of nitrogens with one attached hydrogen (secondary N) is 1. The molecule has 4 nitrogen and oxygen atoms in total. The van der Waals surface area contributed by atoms with Gasteiger partial charge in [-0.25, -0.2) is 0 Å². The number of carbonyl (C=O) groups excluding carboxylic acids is 1. The minimum absolute atomic E-state index is 0.0260. The zero-order valence-corrected chi connectivity index (χ0v) is 9.97. The second-order valence-electron chi connectivity index (χ2n) is 4.09. The van der Waals surface area contributed by atoms with Gasteiger partial charge in [0.25, 0.3) is 5.91 Å². The molecule has 2 aromatic rings. The highest BCUT2D eigenvalue weighted by Gasteiger charge is 2.07. The number of amides is 1. The molecule has 0 bridgehead atoms. The monoisotopic (exact) mass is 242 g/mol. The SMILES string of the molecule is Cc1ccc(NC(=O)c2ccc(O)c(N)c2)cc1. The van der Waals surface area contributed by atoms with Crippen molar-refractivity contribution in [2.45, 2.75) is 6.92 Å². The summed E-state index contributed by atoms with van der Waals surface area (Å²) in [5.41, 5.74) is 7.98. The number of anilines is 2. The van der Waals surface area contributed by atoms with Crippen LogP contribution in [0.4, 0.5) is 11.4 Å². The van der Waals surface area contributed by atoms with Crippen molar-refractivity contribution in [3.63, 3.8) is 0 Å². The van der Waals surface area contributed by atoms with Crippen molar-refractivity contribution < 1.29 is 9.90 Å². The van der Waals surface area contributed by atoms with Crippen LogP contribution in [0.2, 0.25) is 0 Å². The third-order valence-corrected chi connectivity index (χ3v) is 2.60. The summed E-state index contributed by atoms with van der Waals surface area (Å²) in [5.74, 6) is -0.285. The molecule has 18 heavy (non-hydrogen) atoms. The van der Waals surface area contributed by atoms with Crippen LogP contribution in [-0.2, 0) is 0 Å². The van der Waals surface area contributed by atoms with E-state index in [9.17, 15) is 9.90 Å². The zero-order chi connectivity index (χ0) is 13.1. The van der Waals surface area contributed by atoms with Gasteiger partial charge in [-0.1, -0.05) is 17.7 Å². The van der Waals surface area contributed by atoms with Gasteiger partial charge in [0.1, 0.15) is 5.75 Å². The topological polar surface area (TPSA) is 75.3 Å². The van der Waals surface area contributed by atoms with Gasteiger partial charge in [0, 0.05) is 11.3 Å². The summed E-state index contributed by atoms with van der Waals surface area (Å²) in [6.45, 7) is 1.98. The highest BCUT2D eigenvalue weighted by atomic mass is 16.3. The first kappa shape index (κ1) is 12.0. The maximum Gasteiger partial charge on any atom is 0.255 e. The summed E-state index contributed by atoms with van der Waals surface area (Å²) in [6, 6.07) is 11.9. The molecule has 0 saturated carbocycles. The minimum atomic E-state index is -0.259. The van der Waals surface area contributed by atoms with Crippen molar-refractivity contribution in [1.82, 2.24) is 0 Å². The number of rotatable bonds is 2. The third kappa shape index (κ3) is 2.60. The van der Waals surface area contributed by atoms with Crippen molar-refractivity contribution in [3.05, 3.63) is 53.6 Å². The lowest BCUT2D eigenvalue weighted by atomic mass is 10.1. The normalized spacial score (nSPS) is 10.1. The molecule has 0 heterocycles. The van der Waals surface area contributed by atoms with Crippen LogP contribution in [0, 0.1) is 6.92 Å². The number of hydrogen-bond acceptors (Lipinski definition) is 3. The van der Waals surface area contributed by atoms with Crippen LogP contribution in [0.3, 0.4) is 0 Å². The average Bonchev–Trinajstić information content (AvgIpc) is 2.35. The van der Waals surface area contributed by atoms with Crippen molar-refractivity contribution in [1.29, 1.82) is 0 Å². The number of aromatic hydroxyl groups is 1. The maximum atomic E-state index is 11.9. The van der Waals surface area contributed by atoms with Crippen LogP contribution in [-0.4, -0.2) is 11.0 Å². The first-order valence-electron chi connectivity index (χ1n) is 5.53. The van der Waals surface area contributed by atoms with E-state index in [0.29, 0.717) is 5.56 Å². The van der Waals surface area contributed by atoms with E-state index in [4.69, 9.17) is 5.73 Å². The molecule has 1 amide bonds. The molecule has 92 valence electrons. The second kappa shape index (κ2) is 4.79. The van der Waals surface area contributed by atoms with Crippen molar-refractivity contribution >= 4 is 17.3 Å². The Bertz CT molecular complexity index is 577. The molecule has 2 aromatic carbocycles. The number of nitrogen functional groups attached to an aromatic ring is 1. The summed E-state index contributed by atoms with van der Waals surface area (Å²) in [4.78, 5) is 11.9. The quantitative estimate of drug-likeness (QED) is 0.559. The Balaban J connectivity index is 2.16. The molecule has 0 aliphatic heterocycles. The van der Waals surface area contributed by atoms with Crippen LogP contribution < -0.4 is 11.1 Å². The fraction of sp³-hybridized carbons (Fsp3) is 0.0714. The largest absolute Gasteiger partial charge is 0.506 e. The van der Waals surface area contributed by atoms with Gasteiger partial charge in [0.15, 0.2) is 0 Å². The standard InChI is InChI=1S/C14H14N2O2/c1-9-2-5-11(6-3-9)16-14(18)10-4-7-13(17)12(15)8-10/h2-8,17H,15H2,1H3,(H,16,18). The molecular weight excluding hydrogens is 228 g/mol. The van der Waals surface area contributed by atoms with Crippen LogP contribution in [0.1, 0.15) is 15.9 Å². The summed E-state index contributed by atoms with van der Waals surface area (Å²) < 4.78 is 0. The summed E-state index contributed by atoms with van der Waals surface area (Å²) >= 11 is 0. The Morgan fingerprint density at radius 3 is 2.44 bits per heavy atom. The number of nitrogens with two attached hydrogens (primary N) is 1. The molecule has 0 spiro atoms. The minimum Gasteiger partial charge on any atom is -0.506 e. The molecule has 0 aromatic heterocycles. The van der Waals surface area contributed by atoms with Gasteiger partial charge in [-0.05, 0) is 37.3 Å². The second-order valence-corrected chi connectivity index (χ2v) is 4.09. The molecule has 0 fully saturated rings. The molecule has 2 rings (SSSR count). The van der Waals surface area contributed by atoms with Gasteiger partial charge in [-0.15, -0.1) is 0 Å². The van der Waals surface area contributed by atoms with E-state index >= 15 is 0 Å². The molecule has 0 aliphatic rings. The fourth-order valence-corrected chi connectivity index (χ4v) is 1.54. The van der Waals surface area contributed by atoms with E-state index in [1.165, 1.54) is 18.2 Å². The molecule has 0 radical (unpaired) electrons. The smallest absolute Gasteiger partial charge is 0.255 e. The van der Waals surface area contributed by atoms with Crippen LogP contribution in [0.5, 0.6) is 5.75 Å².